The van der Waals surface area contributed by atoms with Gasteiger partial charge in [0.1, 0.15) is 17.1 Å². The summed E-state index contributed by atoms with van der Waals surface area (Å²) in [5.74, 6) is -0.552. The summed E-state index contributed by atoms with van der Waals surface area (Å²) in [5, 5.41) is 10.6. The van der Waals surface area contributed by atoms with Crippen LogP contribution in [0, 0.1) is 15.3 Å². The van der Waals surface area contributed by atoms with E-state index in [1.165, 1.54) is 12.1 Å². The molecular formula is C20H23FINO3. The highest BCUT2D eigenvalue weighted by molar-refractivity contribution is 14.1. The monoisotopic (exact) mass is 471 g/mol. The second-order valence-electron chi connectivity index (χ2n) is 6.49. The number of ether oxygens (including phenoxy) is 1. The number of hydrogen-bond donors (Lipinski definition) is 1. The highest BCUT2D eigenvalue weighted by Crippen LogP contribution is 2.31. The highest BCUT2D eigenvalue weighted by Gasteiger charge is 2.24. The molecule has 1 aromatic carbocycles. The molecule has 1 N–H and O–H groups in total. The van der Waals surface area contributed by atoms with E-state index in [-0.39, 0.29) is 23.7 Å². The van der Waals surface area contributed by atoms with Crippen molar-refractivity contribution in [1.82, 2.24) is 4.98 Å². The number of rotatable bonds is 7. The van der Waals surface area contributed by atoms with Crippen molar-refractivity contribution in [2.24, 2.45) is 5.92 Å². The molecule has 2 aromatic rings. The van der Waals surface area contributed by atoms with Crippen molar-refractivity contribution in [3.05, 3.63) is 56.2 Å². The zero-order chi connectivity index (χ0) is 19.3. The minimum Gasteiger partial charge on any atom is -0.506 e. The Morgan fingerprint density at radius 2 is 1.88 bits per heavy atom. The van der Waals surface area contributed by atoms with Crippen molar-refractivity contribution in [2.75, 3.05) is 6.61 Å². The highest BCUT2D eigenvalue weighted by atomic mass is 127. The van der Waals surface area contributed by atoms with Crippen LogP contribution in [0.2, 0.25) is 0 Å². The molecule has 0 unspecified atom stereocenters. The minimum atomic E-state index is -0.569. The summed E-state index contributed by atoms with van der Waals surface area (Å²) in [5.41, 5.74) is 2.36. The van der Waals surface area contributed by atoms with Crippen LogP contribution in [0.25, 0.3) is 0 Å². The third kappa shape index (κ3) is 5.16. The molecule has 0 spiro atoms. The third-order valence-corrected chi connectivity index (χ3v) is 5.03. The predicted octanol–water partition coefficient (Wildman–Crippen LogP) is 4.69. The number of halogens is 2. The SMILES string of the molecule is CCOC(=O)c1c(CCc2ccc(F)cc2)nc(CC(C)C)c(I)c1O. The van der Waals surface area contributed by atoms with Gasteiger partial charge in [-0.05, 0) is 72.4 Å². The Labute approximate surface area is 166 Å². The molecule has 0 saturated heterocycles. The Hall–Kier alpha value is -1.70. The number of aryl methyl sites for hydroxylation is 2. The van der Waals surface area contributed by atoms with Crippen LogP contribution >= 0.6 is 22.6 Å². The Morgan fingerprint density at radius 1 is 1.23 bits per heavy atom. The largest absolute Gasteiger partial charge is 0.506 e. The van der Waals surface area contributed by atoms with Crippen LogP contribution in [-0.2, 0) is 24.0 Å². The normalized spacial score (nSPS) is 11.0. The second-order valence-corrected chi connectivity index (χ2v) is 7.57. The lowest BCUT2D eigenvalue weighted by Gasteiger charge is -2.16. The van der Waals surface area contributed by atoms with Crippen LogP contribution in [-0.4, -0.2) is 22.7 Å². The first kappa shape index (κ1) is 20.6. The van der Waals surface area contributed by atoms with Crippen LogP contribution in [0.1, 0.15) is 48.1 Å². The zero-order valence-corrected chi connectivity index (χ0v) is 17.3. The molecule has 0 fully saturated rings. The van der Waals surface area contributed by atoms with Gasteiger partial charge in [0.05, 0.1) is 21.6 Å². The fourth-order valence-electron chi connectivity index (χ4n) is 2.69. The molecule has 26 heavy (non-hydrogen) atoms. The molecule has 0 bridgehead atoms. The molecule has 1 heterocycles. The summed E-state index contributed by atoms with van der Waals surface area (Å²) >= 11 is 2.02. The molecule has 0 atom stereocenters. The number of hydrogen-bond acceptors (Lipinski definition) is 4. The van der Waals surface area contributed by atoms with E-state index >= 15 is 0 Å². The van der Waals surface area contributed by atoms with Gasteiger partial charge in [-0.15, -0.1) is 0 Å². The second kappa shape index (κ2) is 9.30. The fourth-order valence-corrected chi connectivity index (χ4v) is 3.30. The quantitative estimate of drug-likeness (QED) is 0.470. The predicted molar refractivity (Wildman–Crippen MR) is 107 cm³/mol. The van der Waals surface area contributed by atoms with Crippen molar-refractivity contribution in [3.8, 4) is 5.75 Å². The average molecular weight is 471 g/mol. The molecule has 0 radical (unpaired) electrons. The summed E-state index contributed by atoms with van der Waals surface area (Å²) in [6.45, 7) is 6.09. The number of esters is 1. The average Bonchev–Trinajstić information content (AvgIpc) is 2.58. The number of carbonyl (C=O) groups is 1. The van der Waals surface area contributed by atoms with Crippen molar-refractivity contribution >= 4 is 28.6 Å². The molecule has 1 aromatic heterocycles. The van der Waals surface area contributed by atoms with Gasteiger partial charge in [0.25, 0.3) is 0 Å². The molecule has 6 heteroatoms. The van der Waals surface area contributed by atoms with Crippen molar-refractivity contribution in [3.63, 3.8) is 0 Å². The van der Waals surface area contributed by atoms with Gasteiger partial charge < -0.3 is 9.84 Å². The molecule has 4 nitrogen and oxygen atoms in total. The summed E-state index contributed by atoms with van der Waals surface area (Å²) in [6, 6.07) is 6.23. The van der Waals surface area contributed by atoms with E-state index in [0.717, 1.165) is 11.3 Å². The van der Waals surface area contributed by atoms with E-state index in [1.54, 1.807) is 19.1 Å². The molecule has 0 aliphatic heterocycles. The first-order valence-corrected chi connectivity index (χ1v) is 9.73. The maximum Gasteiger partial charge on any atom is 0.343 e. The summed E-state index contributed by atoms with van der Waals surface area (Å²) in [7, 11) is 0. The first-order chi connectivity index (χ1) is 12.3. The lowest BCUT2D eigenvalue weighted by atomic mass is 10.0. The van der Waals surface area contributed by atoms with E-state index < -0.39 is 5.97 Å². The zero-order valence-electron chi connectivity index (χ0n) is 15.2. The van der Waals surface area contributed by atoms with E-state index in [9.17, 15) is 14.3 Å². The standard InChI is InChI=1S/C20H23FINO3/c1-4-26-20(25)17-15(10-7-13-5-8-14(21)9-6-13)23-16(11-12(2)3)18(22)19(17)24/h5-6,8-9,12H,4,7,10-11H2,1-3H3,(H,23,24). The molecule has 140 valence electrons. The number of nitrogens with zero attached hydrogens (tertiary/aromatic N) is 1. The van der Waals surface area contributed by atoms with Crippen LogP contribution in [0.15, 0.2) is 24.3 Å². The first-order valence-electron chi connectivity index (χ1n) is 8.65. The number of aromatic nitrogens is 1. The van der Waals surface area contributed by atoms with Crippen LogP contribution in [0.4, 0.5) is 4.39 Å². The van der Waals surface area contributed by atoms with Crippen molar-refractivity contribution in [1.29, 1.82) is 0 Å². The lowest BCUT2D eigenvalue weighted by molar-refractivity contribution is 0.0521. The Morgan fingerprint density at radius 3 is 2.46 bits per heavy atom. The molecular weight excluding hydrogens is 448 g/mol. The molecule has 0 aliphatic rings. The smallest absolute Gasteiger partial charge is 0.343 e. The molecule has 0 aliphatic carbocycles. The van der Waals surface area contributed by atoms with E-state index in [2.05, 4.69) is 18.8 Å². The maximum atomic E-state index is 13.1. The van der Waals surface area contributed by atoms with Gasteiger partial charge in [-0.2, -0.15) is 0 Å². The molecule has 0 amide bonds. The summed E-state index contributed by atoms with van der Waals surface area (Å²) < 4.78 is 18.8. The Kier molecular flexibility index (Phi) is 7.37. The van der Waals surface area contributed by atoms with Gasteiger partial charge in [-0.3, -0.25) is 4.98 Å². The maximum absolute atomic E-state index is 13.1. The molecule has 2 rings (SSSR count). The van der Waals surface area contributed by atoms with Gasteiger partial charge in [0.15, 0.2) is 0 Å². The van der Waals surface area contributed by atoms with Gasteiger partial charge in [-0.1, -0.05) is 26.0 Å². The van der Waals surface area contributed by atoms with Gasteiger partial charge in [-0.25, -0.2) is 9.18 Å². The third-order valence-electron chi connectivity index (χ3n) is 3.90. The van der Waals surface area contributed by atoms with Crippen LogP contribution < -0.4 is 0 Å². The number of aromatic hydroxyl groups is 1. The van der Waals surface area contributed by atoms with Gasteiger partial charge in [0, 0.05) is 0 Å². The topological polar surface area (TPSA) is 59.4 Å². The van der Waals surface area contributed by atoms with E-state index in [0.29, 0.717) is 34.4 Å². The Bertz CT molecular complexity index is 776. The van der Waals surface area contributed by atoms with E-state index in [1.807, 2.05) is 22.6 Å². The van der Waals surface area contributed by atoms with E-state index in [4.69, 9.17) is 4.74 Å². The number of carbonyl (C=O) groups excluding carboxylic acids is 1. The summed E-state index contributed by atoms with van der Waals surface area (Å²) in [6.07, 6.45) is 1.74. The van der Waals surface area contributed by atoms with Crippen molar-refractivity contribution < 1.29 is 19.0 Å². The minimum absolute atomic E-state index is 0.0659. The lowest BCUT2D eigenvalue weighted by Crippen LogP contribution is -2.14. The number of benzene rings is 1. The fraction of sp³-hybridized carbons (Fsp3) is 0.400. The van der Waals surface area contributed by atoms with Crippen LogP contribution in [0.5, 0.6) is 5.75 Å². The Balaban J connectivity index is 2.40. The van der Waals surface area contributed by atoms with Crippen LogP contribution in [0.3, 0.4) is 0 Å². The molecule has 0 saturated carbocycles. The van der Waals surface area contributed by atoms with Gasteiger partial charge in [0.2, 0.25) is 0 Å². The number of pyridine rings is 1. The summed E-state index contributed by atoms with van der Waals surface area (Å²) in [4.78, 5) is 17.0. The van der Waals surface area contributed by atoms with Crippen molar-refractivity contribution in [2.45, 2.75) is 40.0 Å². The van der Waals surface area contributed by atoms with Gasteiger partial charge >= 0.3 is 5.97 Å².